The van der Waals surface area contributed by atoms with E-state index in [9.17, 15) is 9.59 Å². The number of likely N-dealkylation sites (N-methyl/N-ethyl adjacent to an activating group) is 1. The quantitative estimate of drug-likeness (QED) is 0.623. The first kappa shape index (κ1) is 24.9. The third kappa shape index (κ3) is 6.57. The van der Waals surface area contributed by atoms with Crippen molar-refractivity contribution in [1.29, 1.82) is 0 Å². The highest BCUT2D eigenvalue weighted by molar-refractivity contribution is 5.75. The van der Waals surface area contributed by atoms with Gasteiger partial charge >= 0.3 is 11.9 Å². The lowest BCUT2D eigenvalue weighted by atomic mass is 9.84. The molecule has 0 N–H and O–H groups in total. The summed E-state index contributed by atoms with van der Waals surface area (Å²) < 4.78 is 10.9. The number of hydrogen-bond donors (Lipinski definition) is 0. The van der Waals surface area contributed by atoms with E-state index in [1.807, 2.05) is 54.7 Å². The Kier molecular flexibility index (Phi) is 6.96. The van der Waals surface area contributed by atoms with Crippen LogP contribution in [0.3, 0.4) is 0 Å². The van der Waals surface area contributed by atoms with Crippen LogP contribution in [0.4, 0.5) is 5.69 Å². The van der Waals surface area contributed by atoms with Gasteiger partial charge in [-0.1, -0.05) is 32.6 Å². The summed E-state index contributed by atoms with van der Waals surface area (Å²) in [6.45, 7) is 19.9. The number of nitrogens with zero attached hydrogens (tertiary/aromatic N) is 2. The number of ether oxygens (including phenoxy) is 2. The molecule has 0 amide bonds. The molecule has 0 atom stereocenters. The van der Waals surface area contributed by atoms with Gasteiger partial charge in [-0.3, -0.25) is 14.5 Å². The minimum Gasteiger partial charge on any atom is -0.459 e. The molecule has 0 saturated heterocycles. The van der Waals surface area contributed by atoms with Crippen molar-refractivity contribution in [2.45, 2.75) is 78.6 Å². The zero-order chi connectivity index (χ0) is 23.8. The maximum Gasteiger partial charge on any atom is 0.320 e. The van der Waals surface area contributed by atoms with Crippen LogP contribution in [0.5, 0.6) is 0 Å². The second kappa shape index (κ2) is 8.65. The number of carbonyl (C=O) groups excluding carboxylic acids is 2. The molecule has 0 radical (unpaired) electrons. The van der Waals surface area contributed by atoms with Crippen molar-refractivity contribution >= 4 is 17.6 Å². The van der Waals surface area contributed by atoms with Crippen molar-refractivity contribution < 1.29 is 19.1 Å². The topological polar surface area (TPSA) is 59.1 Å². The van der Waals surface area contributed by atoms with Crippen molar-refractivity contribution in [3.8, 4) is 0 Å². The maximum atomic E-state index is 12.5. The standard InChI is InChI=1S/C25H38N2O4/c1-17-25(8,9)19-12-11-18(13-20(19)26(17)10)14-27(15-21(28)30-23(2,3)4)16-22(29)31-24(5,6)7/h11-13H,1,14-16H2,2-10H3. The van der Waals surface area contributed by atoms with Crippen molar-refractivity contribution in [1.82, 2.24) is 4.90 Å². The Morgan fingerprint density at radius 2 is 1.48 bits per heavy atom. The predicted molar refractivity (Wildman–Crippen MR) is 124 cm³/mol. The van der Waals surface area contributed by atoms with Crippen molar-refractivity contribution in [3.63, 3.8) is 0 Å². The van der Waals surface area contributed by atoms with Crippen LogP contribution in [-0.2, 0) is 31.0 Å². The van der Waals surface area contributed by atoms with Gasteiger partial charge in [0.15, 0.2) is 0 Å². The molecule has 6 heteroatoms. The number of esters is 2. The second-order valence-corrected chi connectivity index (χ2v) is 10.8. The van der Waals surface area contributed by atoms with Gasteiger partial charge < -0.3 is 14.4 Å². The van der Waals surface area contributed by atoms with E-state index in [0.717, 1.165) is 16.9 Å². The van der Waals surface area contributed by atoms with Gasteiger partial charge in [0.25, 0.3) is 0 Å². The number of rotatable bonds is 6. The highest BCUT2D eigenvalue weighted by Gasteiger charge is 2.37. The molecule has 0 saturated carbocycles. The molecule has 0 bridgehead atoms. The first-order chi connectivity index (χ1) is 14.0. The van der Waals surface area contributed by atoms with E-state index in [1.165, 1.54) is 5.56 Å². The summed E-state index contributed by atoms with van der Waals surface area (Å²) in [5, 5.41) is 0. The fraction of sp³-hybridized carbons (Fsp3) is 0.600. The monoisotopic (exact) mass is 430 g/mol. The summed E-state index contributed by atoms with van der Waals surface area (Å²) in [5.74, 6) is -0.743. The Labute approximate surface area is 187 Å². The SMILES string of the molecule is C=C1N(C)c2cc(CN(CC(=O)OC(C)(C)C)CC(=O)OC(C)(C)C)ccc2C1(C)C. The number of carbonyl (C=O) groups is 2. The van der Waals surface area contributed by atoms with Crippen LogP contribution < -0.4 is 4.90 Å². The maximum absolute atomic E-state index is 12.5. The van der Waals surface area contributed by atoms with Crippen LogP contribution in [0.1, 0.15) is 66.5 Å². The van der Waals surface area contributed by atoms with E-state index in [0.29, 0.717) is 6.54 Å². The number of allylic oxidation sites excluding steroid dienone is 1. The number of benzene rings is 1. The van der Waals surface area contributed by atoms with Gasteiger partial charge in [0, 0.05) is 30.4 Å². The summed E-state index contributed by atoms with van der Waals surface area (Å²) in [6, 6.07) is 6.26. The fourth-order valence-corrected chi connectivity index (χ4v) is 3.74. The normalized spacial score (nSPS) is 15.8. The van der Waals surface area contributed by atoms with Crippen LogP contribution in [0.15, 0.2) is 30.5 Å². The lowest BCUT2D eigenvalue weighted by molar-refractivity contribution is -0.160. The molecule has 1 aromatic rings. The van der Waals surface area contributed by atoms with E-state index < -0.39 is 11.2 Å². The number of anilines is 1. The lowest BCUT2D eigenvalue weighted by Crippen LogP contribution is -2.39. The lowest BCUT2D eigenvalue weighted by Gasteiger charge is -2.26. The Morgan fingerprint density at radius 3 is 1.94 bits per heavy atom. The van der Waals surface area contributed by atoms with Crippen LogP contribution in [0.2, 0.25) is 0 Å². The van der Waals surface area contributed by atoms with Gasteiger partial charge in [-0.15, -0.1) is 0 Å². The first-order valence-electron chi connectivity index (χ1n) is 10.7. The molecular weight excluding hydrogens is 392 g/mol. The third-order valence-electron chi connectivity index (χ3n) is 5.17. The molecule has 0 fully saturated rings. The van der Waals surface area contributed by atoms with Gasteiger partial charge in [-0.05, 0) is 58.7 Å². The van der Waals surface area contributed by atoms with Gasteiger partial charge in [0.2, 0.25) is 0 Å². The molecule has 31 heavy (non-hydrogen) atoms. The largest absolute Gasteiger partial charge is 0.459 e. The van der Waals surface area contributed by atoms with Crippen molar-refractivity contribution in [3.05, 3.63) is 41.6 Å². The van der Waals surface area contributed by atoms with Gasteiger partial charge in [0.1, 0.15) is 11.2 Å². The third-order valence-corrected chi connectivity index (χ3v) is 5.17. The molecule has 0 aromatic heterocycles. The Hall–Kier alpha value is -2.34. The van der Waals surface area contributed by atoms with Crippen molar-refractivity contribution in [2.75, 3.05) is 25.0 Å². The Morgan fingerprint density at radius 1 is 1.00 bits per heavy atom. The molecule has 2 rings (SSSR count). The first-order valence-corrected chi connectivity index (χ1v) is 10.7. The summed E-state index contributed by atoms with van der Waals surface area (Å²) in [4.78, 5) is 28.8. The van der Waals surface area contributed by atoms with Gasteiger partial charge in [-0.25, -0.2) is 0 Å². The zero-order valence-electron chi connectivity index (χ0n) is 20.6. The molecule has 0 spiro atoms. The molecule has 172 valence electrons. The molecule has 1 heterocycles. The van der Waals surface area contributed by atoms with Crippen LogP contribution in [0, 0.1) is 0 Å². The zero-order valence-corrected chi connectivity index (χ0v) is 20.6. The van der Waals surface area contributed by atoms with Gasteiger partial charge in [0.05, 0.1) is 13.1 Å². The van der Waals surface area contributed by atoms with E-state index >= 15 is 0 Å². The number of fused-ring (bicyclic) bond motifs is 1. The highest BCUT2D eigenvalue weighted by atomic mass is 16.6. The smallest absolute Gasteiger partial charge is 0.320 e. The Balaban J connectivity index is 2.23. The molecule has 0 unspecified atom stereocenters. The molecule has 1 aromatic carbocycles. The predicted octanol–water partition coefficient (Wildman–Crippen LogP) is 4.41. The minimum atomic E-state index is -0.586. The minimum absolute atomic E-state index is 0.00163. The number of hydrogen-bond acceptors (Lipinski definition) is 6. The van der Waals surface area contributed by atoms with Gasteiger partial charge in [-0.2, -0.15) is 0 Å². The van der Waals surface area contributed by atoms with Crippen molar-refractivity contribution in [2.24, 2.45) is 0 Å². The molecule has 0 aliphatic carbocycles. The summed E-state index contributed by atoms with van der Waals surface area (Å²) in [6.07, 6.45) is 0. The summed E-state index contributed by atoms with van der Waals surface area (Å²) in [5.41, 5.74) is 3.06. The summed E-state index contributed by atoms with van der Waals surface area (Å²) in [7, 11) is 2.01. The average Bonchev–Trinajstić information content (AvgIpc) is 2.72. The average molecular weight is 431 g/mol. The second-order valence-electron chi connectivity index (χ2n) is 10.8. The van der Waals surface area contributed by atoms with Crippen LogP contribution >= 0.6 is 0 Å². The molecule has 6 nitrogen and oxygen atoms in total. The fourth-order valence-electron chi connectivity index (χ4n) is 3.74. The van der Waals surface area contributed by atoms with E-state index in [-0.39, 0.29) is 30.4 Å². The van der Waals surface area contributed by atoms with Crippen LogP contribution in [-0.4, -0.2) is 48.2 Å². The molecular formula is C25H38N2O4. The Bertz CT molecular complexity index is 829. The molecule has 1 aliphatic heterocycles. The van der Waals surface area contributed by atoms with E-state index in [2.05, 4.69) is 37.5 Å². The van der Waals surface area contributed by atoms with E-state index in [4.69, 9.17) is 9.47 Å². The molecule has 1 aliphatic rings. The highest BCUT2D eigenvalue weighted by Crippen LogP contribution is 2.46. The van der Waals surface area contributed by atoms with Crippen LogP contribution in [0.25, 0.3) is 0 Å². The van der Waals surface area contributed by atoms with E-state index in [1.54, 1.807) is 4.90 Å². The summed E-state index contributed by atoms with van der Waals surface area (Å²) >= 11 is 0.